The van der Waals surface area contributed by atoms with E-state index in [2.05, 4.69) is 57.9 Å². The van der Waals surface area contributed by atoms with Crippen molar-refractivity contribution in [3.8, 4) is 0 Å². The predicted octanol–water partition coefficient (Wildman–Crippen LogP) is 3.18. The highest BCUT2D eigenvalue weighted by Crippen LogP contribution is 2.47. The Balaban J connectivity index is 1.42. The lowest BCUT2D eigenvalue weighted by molar-refractivity contribution is 0.492. The highest BCUT2D eigenvalue weighted by atomic mass is 32.1. The van der Waals surface area contributed by atoms with Crippen molar-refractivity contribution in [2.45, 2.75) is 32.6 Å². The summed E-state index contributed by atoms with van der Waals surface area (Å²) in [6.07, 6.45) is 6.62. The zero-order valence-corrected chi connectivity index (χ0v) is 15.3. The van der Waals surface area contributed by atoms with Gasteiger partial charge in [0.2, 0.25) is 0 Å². The molecule has 0 bridgehead atoms. The van der Waals surface area contributed by atoms with Crippen LogP contribution in [0.5, 0.6) is 0 Å². The maximum atomic E-state index is 4.40. The van der Waals surface area contributed by atoms with Gasteiger partial charge in [0.15, 0.2) is 5.96 Å². The molecule has 128 valence electrons. The van der Waals surface area contributed by atoms with Gasteiger partial charge in [-0.1, -0.05) is 30.3 Å². The number of thiazole rings is 1. The highest BCUT2D eigenvalue weighted by molar-refractivity contribution is 7.11. The fourth-order valence-corrected chi connectivity index (χ4v) is 3.70. The molecule has 0 atom stereocenters. The molecule has 1 aromatic carbocycles. The number of aromatic nitrogens is 1. The first-order valence-electron chi connectivity index (χ1n) is 8.59. The maximum absolute atomic E-state index is 4.40. The number of aliphatic imine (C=N–C) groups is 1. The molecule has 1 heterocycles. The molecule has 0 unspecified atom stereocenters. The van der Waals surface area contributed by atoms with E-state index in [9.17, 15) is 0 Å². The van der Waals surface area contributed by atoms with Gasteiger partial charge in [-0.2, -0.15) is 0 Å². The first-order valence-corrected chi connectivity index (χ1v) is 9.41. The standard InChI is InChI=1S/C19H26N4S/c1-15-13-22-17(24-15)8-11-21-18(20-2)23-14-19(9-10-19)12-16-6-4-3-5-7-16/h3-7,13H,8-12,14H2,1-2H3,(H2,20,21,23). The van der Waals surface area contributed by atoms with E-state index in [1.165, 1.54) is 28.3 Å². The summed E-state index contributed by atoms with van der Waals surface area (Å²) in [4.78, 5) is 10.0. The van der Waals surface area contributed by atoms with E-state index in [0.29, 0.717) is 5.41 Å². The Hall–Kier alpha value is -1.88. The van der Waals surface area contributed by atoms with Gasteiger partial charge in [-0.05, 0) is 37.2 Å². The van der Waals surface area contributed by atoms with E-state index in [0.717, 1.165) is 31.9 Å². The van der Waals surface area contributed by atoms with Gasteiger partial charge in [-0.15, -0.1) is 11.3 Å². The van der Waals surface area contributed by atoms with E-state index >= 15 is 0 Å². The van der Waals surface area contributed by atoms with E-state index in [1.54, 1.807) is 11.3 Å². The minimum absolute atomic E-state index is 0.408. The van der Waals surface area contributed by atoms with Crippen LogP contribution in [-0.2, 0) is 12.8 Å². The zero-order valence-electron chi connectivity index (χ0n) is 14.5. The smallest absolute Gasteiger partial charge is 0.191 e. The predicted molar refractivity (Wildman–Crippen MR) is 102 cm³/mol. The number of guanidine groups is 1. The fourth-order valence-electron chi connectivity index (χ4n) is 2.92. The highest BCUT2D eigenvalue weighted by Gasteiger charge is 2.42. The molecule has 24 heavy (non-hydrogen) atoms. The Morgan fingerprint density at radius 1 is 1.25 bits per heavy atom. The molecule has 1 aromatic heterocycles. The van der Waals surface area contributed by atoms with Crippen LogP contribution in [0.3, 0.4) is 0 Å². The number of nitrogens with zero attached hydrogens (tertiary/aromatic N) is 2. The van der Waals surface area contributed by atoms with E-state index in [4.69, 9.17) is 0 Å². The molecule has 2 N–H and O–H groups in total. The van der Waals surface area contributed by atoms with Crippen molar-refractivity contribution in [3.63, 3.8) is 0 Å². The Bertz CT molecular complexity index is 674. The van der Waals surface area contributed by atoms with Crippen molar-refractivity contribution >= 4 is 17.3 Å². The summed E-state index contributed by atoms with van der Waals surface area (Å²) < 4.78 is 0. The molecule has 4 nitrogen and oxygen atoms in total. The first-order chi connectivity index (χ1) is 11.7. The van der Waals surface area contributed by atoms with Crippen LogP contribution in [0, 0.1) is 12.3 Å². The van der Waals surface area contributed by atoms with Crippen LogP contribution in [0.1, 0.15) is 28.3 Å². The topological polar surface area (TPSA) is 49.3 Å². The van der Waals surface area contributed by atoms with Crippen LogP contribution in [0.15, 0.2) is 41.5 Å². The van der Waals surface area contributed by atoms with Gasteiger partial charge in [-0.25, -0.2) is 4.98 Å². The molecule has 1 fully saturated rings. The third-order valence-electron chi connectivity index (χ3n) is 4.53. The molecular formula is C19H26N4S. The van der Waals surface area contributed by atoms with Crippen LogP contribution in [0.25, 0.3) is 0 Å². The lowest BCUT2D eigenvalue weighted by Gasteiger charge is -2.18. The summed E-state index contributed by atoms with van der Waals surface area (Å²) in [5.74, 6) is 0.891. The molecular weight excluding hydrogens is 316 g/mol. The fraction of sp³-hybridized carbons (Fsp3) is 0.474. The third-order valence-corrected chi connectivity index (χ3v) is 5.51. The van der Waals surface area contributed by atoms with Crippen molar-refractivity contribution in [1.82, 2.24) is 15.6 Å². The van der Waals surface area contributed by atoms with Crippen molar-refractivity contribution in [2.24, 2.45) is 10.4 Å². The Morgan fingerprint density at radius 3 is 2.67 bits per heavy atom. The average molecular weight is 343 g/mol. The van der Waals surface area contributed by atoms with Gasteiger partial charge in [0, 0.05) is 37.6 Å². The number of hydrogen-bond acceptors (Lipinski definition) is 3. The Labute approximate surface area is 148 Å². The molecule has 3 rings (SSSR count). The molecule has 0 amide bonds. The number of rotatable bonds is 7. The number of benzene rings is 1. The lowest BCUT2D eigenvalue weighted by atomic mass is 9.96. The van der Waals surface area contributed by atoms with Crippen LogP contribution < -0.4 is 10.6 Å². The summed E-state index contributed by atoms with van der Waals surface area (Å²) in [5.41, 5.74) is 1.84. The second-order valence-corrected chi connectivity index (χ2v) is 7.95. The quantitative estimate of drug-likeness (QED) is 0.600. The normalized spacial score (nSPS) is 16.0. The van der Waals surface area contributed by atoms with Gasteiger partial charge in [0.05, 0.1) is 5.01 Å². The largest absolute Gasteiger partial charge is 0.356 e. The van der Waals surface area contributed by atoms with E-state index in [1.807, 2.05) is 13.2 Å². The molecule has 1 aliphatic carbocycles. The molecule has 1 saturated carbocycles. The maximum Gasteiger partial charge on any atom is 0.191 e. The van der Waals surface area contributed by atoms with Crippen molar-refractivity contribution < 1.29 is 0 Å². The Kier molecular flexibility index (Phi) is 5.51. The van der Waals surface area contributed by atoms with Gasteiger partial charge in [0.25, 0.3) is 0 Å². The van der Waals surface area contributed by atoms with Gasteiger partial charge >= 0.3 is 0 Å². The van der Waals surface area contributed by atoms with Crippen LogP contribution in [-0.4, -0.2) is 31.1 Å². The zero-order chi connectivity index (χ0) is 16.8. The van der Waals surface area contributed by atoms with E-state index < -0.39 is 0 Å². The number of hydrogen-bond donors (Lipinski definition) is 2. The van der Waals surface area contributed by atoms with Gasteiger partial charge in [0.1, 0.15) is 0 Å². The minimum Gasteiger partial charge on any atom is -0.356 e. The molecule has 5 heteroatoms. The average Bonchev–Trinajstić information content (AvgIpc) is 3.23. The van der Waals surface area contributed by atoms with Crippen molar-refractivity contribution in [2.75, 3.05) is 20.1 Å². The summed E-state index contributed by atoms with van der Waals surface area (Å²) >= 11 is 1.76. The lowest BCUT2D eigenvalue weighted by Crippen LogP contribution is -2.41. The summed E-state index contributed by atoms with van der Waals surface area (Å²) in [6.45, 7) is 3.94. The third kappa shape index (κ3) is 4.81. The molecule has 0 saturated heterocycles. The van der Waals surface area contributed by atoms with Crippen molar-refractivity contribution in [1.29, 1.82) is 0 Å². The molecule has 2 aromatic rings. The Morgan fingerprint density at radius 2 is 2.04 bits per heavy atom. The summed E-state index contributed by atoms with van der Waals surface area (Å²) in [7, 11) is 1.83. The van der Waals surface area contributed by atoms with Crippen LogP contribution >= 0.6 is 11.3 Å². The molecule has 0 radical (unpaired) electrons. The SMILES string of the molecule is CN=C(NCCc1ncc(C)s1)NCC1(Cc2ccccc2)CC1. The molecule has 1 aliphatic rings. The van der Waals surface area contributed by atoms with Gasteiger partial charge < -0.3 is 10.6 Å². The first kappa shape index (κ1) is 17.0. The molecule has 0 aliphatic heterocycles. The summed E-state index contributed by atoms with van der Waals surface area (Å²) in [6, 6.07) is 10.8. The minimum atomic E-state index is 0.408. The monoisotopic (exact) mass is 342 g/mol. The van der Waals surface area contributed by atoms with Crippen molar-refractivity contribution in [3.05, 3.63) is 52.0 Å². The second kappa shape index (κ2) is 7.79. The second-order valence-electron chi connectivity index (χ2n) is 6.63. The van der Waals surface area contributed by atoms with Gasteiger partial charge in [-0.3, -0.25) is 4.99 Å². The number of nitrogens with one attached hydrogen (secondary N) is 2. The molecule has 0 spiro atoms. The van der Waals surface area contributed by atoms with E-state index in [-0.39, 0.29) is 0 Å². The number of aryl methyl sites for hydroxylation is 1. The summed E-state index contributed by atoms with van der Waals surface area (Å²) in [5, 5.41) is 8.08. The van der Waals surface area contributed by atoms with Crippen LogP contribution in [0.4, 0.5) is 0 Å². The van der Waals surface area contributed by atoms with Crippen LogP contribution in [0.2, 0.25) is 0 Å².